The van der Waals surface area contributed by atoms with Gasteiger partial charge < -0.3 is 14.6 Å². The molecule has 0 aromatic heterocycles. The summed E-state index contributed by atoms with van der Waals surface area (Å²) in [6.45, 7) is 1.94. The Morgan fingerprint density at radius 1 is 1.11 bits per heavy atom. The number of hydrogen-bond acceptors (Lipinski definition) is 4. The third-order valence-corrected chi connectivity index (χ3v) is 4.57. The lowest BCUT2D eigenvalue weighted by Gasteiger charge is -2.27. The first-order valence-corrected chi connectivity index (χ1v) is 9.24. The number of ether oxygens (including phenoxy) is 2. The van der Waals surface area contributed by atoms with Crippen LogP contribution in [0.1, 0.15) is 18.4 Å². The van der Waals surface area contributed by atoms with E-state index in [1.807, 2.05) is 4.90 Å². The number of benzene rings is 2. The van der Waals surface area contributed by atoms with Gasteiger partial charge in [0.1, 0.15) is 18.5 Å². The van der Waals surface area contributed by atoms with Crippen molar-refractivity contribution in [1.29, 1.82) is 0 Å². The van der Waals surface area contributed by atoms with Crippen molar-refractivity contribution in [3.63, 3.8) is 0 Å². The third kappa shape index (κ3) is 5.99. The number of aliphatic hydroxyl groups is 1. The minimum atomic E-state index is -0.835. The molecule has 2 atom stereocenters. The van der Waals surface area contributed by atoms with E-state index in [1.165, 1.54) is 18.2 Å². The molecular formula is C21H25F2NO3. The first-order valence-electron chi connectivity index (χ1n) is 9.24. The average molecular weight is 377 g/mol. The molecule has 1 fully saturated rings. The molecule has 1 aliphatic heterocycles. The fourth-order valence-electron chi connectivity index (χ4n) is 3.25. The Bertz CT molecular complexity index is 722. The number of aliphatic hydroxyl groups excluding tert-OH is 1. The van der Waals surface area contributed by atoms with E-state index in [9.17, 15) is 13.9 Å². The minimum Gasteiger partial charge on any atom is -0.488 e. The largest absolute Gasteiger partial charge is 0.488 e. The molecule has 2 unspecified atom stereocenters. The molecule has 0 aliphatic carbocycles. The topological polar surface area (TPSA) is 41.9 Å². The van der Waals surface area contributed by atoms with Gasteiger partial charge in [0.2, 0.25) is 0 Å². The first-order chi connectivity index (χ1) is 13.1. The molecule has 1 saturated heterocycles. The lowest BCUT2D eigenvalue weighted by Crippen LogP contribution is -2.39. The number of hydrogen-bond donors (Lipinski definition) is 1. The highest BCUT2D eigenvalue weighted by Crippen LogP contribution is 2.18. The van der Waals surface area contributed by atoms with Crippen LogP contribution in [0.25, 0.3) is 0 Å². The van der Waals surface area contributed by atoms with Crippen LogP contribution in [0.5, 0.6) is 5.75 Å². The Morgan fingerprint density at radius 2 is 1.85 bits per heavy atom. The van der Waals surface area contributed by atoms with Gasteiger partial charge >= 0.3 is 0 Å². The summed E-state index contributed by atoms with van der Waals surface area (Å²) in [4.78, 5) is 1.96. The molecule has 3 rings (SSSR count). The second-order valence-electron chi connectivity index (χ2n) is 6.82. The molecule has 146 valence electrons. The SMILES string of the molecule is OC(COc1ccccc1F)CN(Cc1ccccc1F)CC1CCCO1. The Balaban J connectivity index is 1.59. The van der Waals surface area contributed by atoms with Gasteiger partial charge in [-0.1, -0.05) is 30.3 Å². The van der Waals surface area contributed by atoms with Crippen LogP contribution in [0, 0.1) is 11.6 Å². The van der Waals surface area contributed by atoms with Crippen molar-refractivity contribution in [1.82, 2.24) is 4.90 Å². The van der Waals surface area contributed by atoms with Crippen molar-refractivity contribution in [2.45, 2.75) is 31.6 Å². The zero-order chi connectivity index (χ0) is 19.1. The van der Waals surface area contributed by atoms with Crippen molar-refractivity contribution >= 4 is 0 Å². The third-order valence-electron chi connectivity index (χ3n) is 4.57. The van der Waals surface area contributed by atoms with Crippen LogP contribution in [0.2, 0.25) is 0 Å². The summed E-state index contributed by atoms with van der Waals surface area (Å²) >= 11 is 0. The molecule has 0 bridgehead atoms. The summed E-state index contributed by atoms with van der Waals surface area (Å²) in [7, 11) is 0. The Hall–Kier alpha value is -2.02. The predicted octanol–water partition coefficient (Wildman–Crippen LogP) is 3.39. The number of nitrogens with zero attached hydrogens (tertiary/aromatic N) is 1. The molecule has 1 heterocycles. The van der Waals surface area contributed by atoms with Gasteiger partial charge in [0, 0.05) is 31.8 Å². The van der Waals surface area contributed by atoms with Crippen molar-refractivity contribution < 1.29 is 23.4 Å². The molecule has 1 aliphatic rings. The van der Waals surface area contributed by atoms with E-state index >= 15 is 0 Å². The van der Waals surface area contributed by atoms with Crippen molar-refractivity contribution in [2.24, 2.45) is 0 Å². The summed E-state index contributed by atoms with van der Waals surface area (Å²) in [5, 5.41) is 10.4. The molecule has 0 radical (unpaired) electrons. The molecular weight excluding hydrogens is 352 g/mol. The summed E-state index contributed by atoms with van der Waals surface area (Å²) in [6.07, 6.45) is 1.21. The first kappa shape index (κ1) is 19.7. The Kier molecular flexibility index (Phi) is 7.15. The number of rotatable bonds is 9. The van der Waals surface area contributed by atoms with E-state index < -0.39 is 11.9 Å². The monoisotopic (exact) mass is 377 g/mol. The molecule has 0 saturated carbocycles. The Morgan fingerprint density at radius 3 is 2.56 bits per heavy atom. The Labute approximate surface area is 158 Å². The molecule has 0 amide bonds. The van der Waals surface area contributed by atoms with Gasteiger partial charge in [-0.25, -0.2) is 8.78 Å². The molecule has 2 aromatic carbocycles. The molecule has 0 spiro atoms. The summed E-state index contributed by atoms with van der Waals surface area (Å²) < 4.78 is 38.7. The fraction of sp³-hybridized carbons (Fsp3) is 0.429. The van der Waals surface area contributed by atoms with E-state index in [1.54, 1.807) is 30.3 Å². The lowest BCUT2D eigenvalue weighted by molar-refractivity contribution is 0.0304. The van der Waals surface area contributed by atoms with Crippen LogP contribution in [-0.2, 0) is 11.3 Å². The van der Waals surface area contributed by atoms with Gasteiger partial charge in [0.15, 0.2) is 11.6 Å². The van der Waals surface area contributed by atoms with Crippen LogP contribution < -0.4 is 4.74 Å². The zero-order valence-electron chi connectivity index (χ0n) is 15.2. The molecule has 6 heteroatoms. The standard InChI is InChI=1S/C21H25F2NO3/c22-19-8-2-1-6-16(19)12-24(14-18-7-5-11-26-18)13-17(25)15-27-21-10-4-3-9-20(21)23/h1-4,6,8-10,17-18,25H,5,7,11-15H2. The molecule has 27 heavy (non-hydrogen) atoms. The van der Waals surface area contributed by atoms with Crippen LogP contribution in [0.3, 0.4) is 0 Å². The van der Waals surface area contributed by atoms with Crippen LogP contribution in [-0.4, -0.2) is 48.5 Å². The molecule has 1 N–H and O–H groups in total. The average Bonchev–Trinajstić information content (AvgIpc) is 3.16. The zero-order valence-corrected chi connectivity index (χ0v) is 15.2. The highest BCUT2D eigenvalue weighted by Gasteiger charge is 2.22. The van der Waals surface area contributed by atoms with E-state index in [2.05, 4.69) is 0 Å². The van der Waals surface area contributed by atoms with Gasteiger partial charge in [0.25, 0.3) is 0 Å². The van der Waals surface area contributed by atoms with E-state index in [-0.39, 0.29) is 30.8 Å². The predicted molar refractivity (Wildman–Crippen MR) is 98.6 cm³/mol. The molecule has 4 nitrogen and oxygen atoms in total. The van der Waals surface area contributed by atoms with Crippen molar-refractivity contribution in [2.75, 3.05) is 26.3 Å². The highest BCUT2D eigenvalue weighted by molar-refractivity contribution is 5.23. The van der Waals surface area contributed by atoms with E-state index in [0.717, 1.165) is 19.4 Å². The van der Waals surface area contributed by atoms with E-state index in [4.69, 9.17) is 9.47 Å². The summed E-state index contributed by atoms with van der Waals surface area (Å²) in [6, 6.07) is 12.7. The highest BCUT2D eigenvalue weighted by atomic mass is 19.1. The summed E-state index contributed by atoms with van der Waals surface area (Å²) in [5.74, 6) is -0.629. The van der Waals surface area contributed by atoms with Gasteiger partial charge in [-0.05, 0) is 31.0 Å². The van der Waals surface area contributed by atoms with Crippen LogP contribution >= 0.6 is 0 Å². The summed E-state index contributed by atoms with van der Waals surface area (Å²) in [5.41, 5.74) is 0.567. The van der Waals surface area contributed by atoms with Gasteiger partial charge in [-0.3, -0.25) is 4.90 Å². The maximum absolute atomic E-state index is 14.0. The van der Waals surface area contributed by atoms with Gasteiger partial charge in [-0.15, -0.1) is 0 Å². The maximum Gasteiger partial charge on any atom is 0.165 e. The van der Waals surface area contributed by atoms with Gasteiger partial charge in [0.05, 0.1) is 6.10 Å². The fourth-order valence-corrected chi connectivity index (χ4v) is 3.25. The number of halogens is 2. The van der Waals surface area contributed by atoms with E-state index in [0.29, 0.717) is 18.7 Å². The number of para-hydroxylation sites is 1. The lowest BCUT2D eigenvalue weighted by atomic mass is 10.1. The second kappa shape index (κ2) is 9.78. The second-order valence-corrected chi connectivity index (χ2v) is 6.82. The minimum absolute atomic E-state index is 0.0414. The smallest absolute Gasteiger partial charge is 0.165 e. The maximum atomic E-state index is 14.0. The molecule has 2 aromatic rings. The van der Waals surface area contributed by atoms with Crippen LogP contribution in [0.15, 0.2) is 48.5 Å². The quantitative estimate of drug-likeness (QED) is 0.727. The van der Waals surface area contributed by atoms with Crippen molar-refractivity contribution in [3.8, 4) is 5.75 Å². The van der Waals surface area contributed by atoms with Crippen molar-refractivity contribution in [3.05, 3.63) is 65.7 Å². The normalized spacial score (nSPS) is 18.0. The van der Waals surface area contributed by atoms with Crippen LogP contribution in [0.4, 0.5) is 8.78 Å². The van der Waals surface area contributed by atoms with Gasteiger partial charge in [-0.2, -0.15) is 0 Å².